The number of amides is 3. The third kappa shape index (κ3) is 5.23. The molecule has 0 bridgehead atoms. The van der Waals surface area contributed by atoms with Gasteiger partial charge in [0.05, 0.1) is 28.6 Å². The van der Waals surface area contributed by atoms with E-state index in [-0.39, 0.29) is 17.3 Å². The van der Waals surface area contributed by atoms with Crippen molar-refractivity contribution in [2.45, 2.75) is 34.6 Å². The van der Waals surface area contributed by atoms with E-state index in [1.54, 1.807) is 24.3 Å². The van der Waals surface area contributed by atoms with Gasteiger partial charge < -0.3 is 10.1 Å². The van der Waals surface area contributed by atoms with Crippen LogP contribution in [0.15, 0.2) is 87.5 Å². The van der Waals surface area contributed by atoms with Gasteiger partial charge in [-0.2, -0.15) is 0 Å². The Labute approximate surface area is 260 Å². The molecule has 3 amide bonds. The van der Waals surface area contributed by atoms with Crippen LogP contribution < -0.4 is 25.0 Å². The number of imide groups is 1. The van der Waals surface area contributed by atoms with E-state index in [9.17, 15) is 27.6 Å². The number of ether oxygens (including phenoxy) is 1. The maximum absolute atomic E-state index is 14.0. The maximum atomic E-state index is 14.0. The number of aryl methyl sites for hydroxylation is 1. The highest BCUT2D eigenvalue weighted by atomic mass is 32.2. The average Bonchev–Trinajstić information content (AvgIpc) is 3.43. The Hall–Kier alpha value is -4.24. The van der Waals surface area contributed by atoms with Gasteiger partial charge in [0.1, 0.15) is 17.5 Å². The average molecular weight is 651 g/mol. The van der Waals surface area contributed by atoms with E-state index >= 15 is 0 Å². The molecular formula is C30H26N4O7S3. The van der Waals surface area contributed by atoms with Gasteiger partial charge in [-0.3, -0.25) is 23.7 Å². The lowest BCUT2D eigenvalue weighted by Crippen LogP contribution is -2.33. The van der Waals surface area contributed by atoms with Crippen LogP contribution in [0, 0.1) is 12.8 Å². The Bertz CT molecular complexity index is 1970. The van der Waals surface area contributed by atoms with Crippen molar-refractivity contribution in [3.8, 4) is 5.75 Å². The van der Waals surface area contributed by atoms with Crippen LogP contribution in [0.25, 0.3) is 0 Å². The summed E-state index contributed by atoms with van der Waals surface area (Å²) in [6.07, 6.45) is 0. The predicted molar refractivity (Wildman–Crippen MR) is 167 cm³/mol. The molecule has 1 fully saturated rings. The molecule has 1 aromatic heterocycles. The lowest BCUT2D eigenvalue weighted by atomic mass is 9.82. The number of primary sulfonamides is 1. The highest BCUT2D eigenvalue weighted by Gasteiger charge is 2.57. The highest BCUT2D eigenvalue weighted by Crippen LogP contribution is 2.55. The number of fused-ring (bicyclic) bond motifs is 2. The first-order valence-corrected chi connectivity index (χ1v) is 16.6. The molecule has 2 aliphatic heterocycles. The SMILES string of the molecule is COc1ccccc1[C@@H]1c2sc(=O)n(CC(=O)Nc3ccc(S(N)(=O)=O)cc3)c2S[C@H]2C(=O)N(c3ccc(C)cc3)C(=O)[C@@H]12. The number of thioether (sulfide) groups is 1. The van der Waals surface area contributed by atoms with Crippen molar-refractivity contribution in [2.75, 3.05) is 17.3 Å². The maximum Gasteiger partial charge on any atom is 0.308 e. The number of nitrogens with one attached hydrogen (secondary N) is 1. The summed E-state index contributed by atoms with van der Waals surface area (Å²) in [5.74, 6) is -2.28. The Balaban J connectivity index is 1.39. The number of para-hydroxylation sites is 1. The summed E-state index contributed by atoms with van der Waals surface area (Å²) < 4.78 is 30.1. The van der Waals surface area contributed by atoms with E-state index < -0.39 is 43.8 Å². The van der Waals surface area contributed by atoms with Crippen LogP contribution in [-0.2, 0) is 31.0 Å². The van der Waals surface area contributed by atoms with Crippen LogP contribution in [0.3, 0.4) is 0 Å². The van der Waals surface area contributed by atoms with Gasteiger partial charge in [-0.05, 0) is 49.4 Å². The van der Waals surface area contributed by atoms with E-state index in [1.807, 2.05) is 31.2 Å². The molecule has 11 nitrogen and oxygen atoms in total. The molecule has 2 aliphatic rings. The van der Waals surface area contributed by atoms with Crippen LogP contribution in [0.4, 0.5) is 11.4 Å². The molecule has 0 aliphatic carbocycles. The zero-order chi connectivity index (χ0) is 31.3. The number of aromatic nitrogens is 1. The first-order chi connectivity index (χ1) is 21.0. The quantitative estimate of drug-likeness (QED) is 0.289. The van der Waals surface area contributed by atoms with Gasteiger partial charge in [-0.25, -0.2) is 18.5 Å². The summed E-state index contributed by atoms with van der Waals surface area (Å²) in [5, 5.41) is 7.39. The predicted octanol–water partition coefficient (Wildman–Crippen LogP) is 3.31. The molecular weight excluding hydrogens is 625 g/mol. The minimum Gasteiger partial charge on any atom is -0.496 e. The molecule has 6 rings (SSSR count). The van der Waals surface area contributed by atoms with Gasteiger partial charge in [0.2, 0.25) is 27.7 Å². The van der Waals surface area contributed by atoms with E-state index in [4.69, 9.17) is 9.88 Å². The number of anilines is 2. The molecule has 0 spiro atoms. The second-order valence-electron chi connectivity index (χ2n) is 10.4. The van der Waals surface area contributed by atoms with Crippen molar-refractivity contribution < 1.29 is 27.5 Å². The number of nitrogens with two attached hydrogens (primary N) is 1. The van der Waals surface area contributed by atoms with Crippen LogP contribution >= 0.6 is 23.1 Å². The van der Waals surface area contributed by atoms with E-state index in [1.165, 1.54) is 40.8 Å². The van der Waals surface area contributed by atoms with E-state index in [0.717, 1.165) is 28.7 Å². The van der Waals surface area contributed by atoms with Crippen molar-refractivity contribution >= 4 is 62.2 Å². The summed E-state index contributed by atoms with van der Waals surface area (Å²) in [4.78, 5) is 55.7. The van der Waals surface area contributed by atoms with Gasteiger partial charge in [0, 0.05) is 22.0 Å². The lowest BCUT2D eigenvalue weighted by molar-refractivity contribution is -0.122. The number of nitrogens with zero attached hydrogens (tertiary/aromatic N) is 2. The second-order valence-corrected chi connectivity index (χ2v) is 14.1. The van der Waals surface area contributed by atoms with Gasteiger partial charge in [0.25, 0.3) is 0 Å². The summed E-state index contributed by atoms with van der Waals surface area (Å²) in [6.45, 7) is 1.55. The minimum atomic E-state index is -3.90. The number of sulfonamides is 1. The summed E-state index contributed by atoms with van der Waals surface area (Å²) in [6, 6.07) is 19.6. The number of hydrogen-bond acceptors (Lipinski definition) is 9. The molecule has 3 atom stereocenters. The first kappa shape index (κ1) is 29.8. The summed E-state index contributed by atoms with van der Waals surface area (Å²) in [7, 11) is -2.38. The first-order valence-electron chi connectivity index (χ1n) is 13.4. The normalized spacial score (nSPS) is 19.4. The highest BCUT2D eigenvalue weighted by molar-refractivity contribution is 8.00. The van der Waals surface area contributed by atoms with Crippen LogP contribution in [-0.4, -0.2) is 43.1 Å². The fourth-order valence-corrected chi connectivity index (χ4v) is 8.81. The minimum absolute atomic E-state index is 0.109. The topological polar surface area (TPSA) is 158 Å². The monoisotopic (exact) mass is 650 g/mol. The van der Waals surface area contributed by atoms with Crippen molar-refractivity contribution in [3.05, 3.63) is 98.5 Å². The van der Waals surface area contributed by atoms with Crippen LogP contribution in [0.1, 0.15) is 21.9 Å². The number of thiazole rings is 1. The van der Waals surface area contributed by atoms with Crippen molar-refractivity contribution in [1.29, 1.82) is 0 Å². The largest absolute Gasteiger partial charge is 0.496 e. The molecule has 0 saturated carbocycles. The fraction of sp³-hybridized carbons (Fsp3) is 0.200. The second kappa shape index (κ2) is 11.4. The Morgan fingerprint density at radius 2 is 1.66 bits per heavy atom. The molecule has 3 aromatic carbocycles. The Kier molecular flexibility index (Phi) is 7.70. The molecule has 3 heterocycles. The lowest BCUT2D eigenvalue weighted by Gasteiger charge is -2.31. The fourth-order valence-electron chi connectivity index (χ4n) is 5.53. The van der Waals surface area contributed by atoms with Gasteiger partial charge in [0.15, 0.2) is 0 Å². The standard InChI is InChI=1S/C30H26N4O7S3/c1-16-7-11-18(12-8-16)34-27(36)24-23(20-5-3-4-6-21(20)41-2)26-29(42-25(24)28(34)37)33(30(38)43-26)15-22(35)32-17-9-13-19(14-10-17)44(31,39)40/h3-14,23-25H,15H2,1-2H3,(H,32,35)(H2,31,39,40)/t23-,24-,25+/m0/s1. The molecule has 1 saturated heterocycles. The molecule has 0 unspecified atom stereocenters. The third-order valence-corrected chi connectivity index (χ3v) is 11.1. The Morgan fingerprint density at radius 3 is 2.32 bits per heavy atom. The number of carbonyl (C=O) groups is 3. The van der Waals surface area contributed by atoms with Crippen molar-refractivity contribution in [2.24, 2.45) is 11.1 Å². The number of carbonyl (C=O) groups excluding carboxylic acids is 3. The molecule has 44 heavy (non-hydrogen) atoms. The van der Waals surface area contributed by atoms with Crippen molar-refractivity contribution in [1.82, 2.24) is 4.57 Å². The van der Waals surface area contributed by atoms with E-state index in [0.29, 0.717) is 32.6 Å². The van der Waals surface area contributed by atoms with Gasteiger partial charge >= 0.3 is 4.87 Å². The molecule has 226 valence electrons. The zero-order valence-corrected chi connectivity index (χ0v) is 25.9. The number of methoxy groups -OCH3 is 1. The number of benzene rings is 3. The van der Waals surface area contributed by atoms with Gasteiger partial charge in [-0.15, -0.1) is 0 Å². The number of hydrogen-bond donors (Lipinski definition) is 2. The molecule has 3 N–H and O–H groups in total. The molecule has 4 aromatic rings. The molecule has 0 radical (unpaired) electrons. The third-order valence-electron chi connectivity index (χ3n) is 7.58. The van der Waals surface area contributed by atoms with E-state index in [2.05, 4.69) is 5.32 Å². The van der Waals surface area contributed by atoms with Gasteiger partial charge in [-0.1, -0.05) is 59.0 Å². The van der Waals surface area contributed by atoms with Crippen molar-refractivity contribution in [3.63, 3.8) is 0 Å². The summed E-state index contributed by atoms with van der Waals surface area (Å²) in [5.41, 5.74) is 2.42. The zero-order valence-electron chi connectivity index (χ0n) is 23.4. The smallest absolute Gasteiger partial charge is 0.308 e. The van der Waals surface area contributed by atoms with Crippen LogP contribution in [0.5, 0.6) is 5.75 Å². The Morgan fingerprint density at radius 1 is 0.977 bits per heavy atom. The number of rotatable bonds is 7. The molecule has 14 heteroatoms. The van der Waals surface area contributed by atoms with Crippen LogP contribution in [0.2, 0.25) is 0 Å². The summed E-state index contributed by atoms with van der Waals surface area (Å²) >= 11 is 2.04.